The van der Waals surface area contributed by atoms with Crippen molar-refractivity contribution >= 4 is 63.8 Å². The van der Waals surface area contributed by atoms with Crippen molar-refractivity contribution in [3.8, 4) is 17.2 Å². The third-order valence-electron chi connectivity index (χ3n) is 5.55. The Labute approximate surface area is 245 Å². The van der Waals surface area contributed by atoms with E-state index in [9.17, 15) is 14.4 Å². The molecule has 1 heterocycles. The average molecular weight is 661 g/mol. The largest absolute Gasteiger partial charge is 0.490 e. The van der Waals surface area contributed by atoms with E-state index in [0.29, 0.717) is 34.4 Å². The van der Waals surface area contributed by atoms with Crippen LogP contribution in [0.15, 0.2) is 66.2 Å². The van der Waals surface area contributed by atoms with E-state index in [2.05, 4.69) is 27.9 Å². The summed E-state index contributed by atoms with van der Waals surface area (Å²) in [6.45, 7) is 6.34. The molecule has 39 heavy (non-hydrogen) atoms. The normalized spacial score (nSPS) is 14.6. The first-order valence-corrected chi connectivity index (χ1v) is 13.6. The fourth-order valence-corrected chi connectivity index (χ4v) is 4.75. The fraction of sp³-hybridized carbons (Fsp3) is 0.207. The molecular formula is C29H26ClIN2O6. The van der Waals surface area contributed by atoms with Gasteiger partial charge in [0, 0.05) is 10.6 Å². The van der Waals surface area contributed by atoms with E-state index < -0.39 is 17.8 Å². The van der Waals surface area contributed by atoms with E-state index in [1.165, 1.54) is 6.08 Å². The van der Waals surface area contributed by atoms with Crippen LogP contribution in [0.3, 0.4) is 0 Å². The molecule has 1 aliphatic rings. The van der Waals surface area contributed by atoms with Crippen LogP contribution in [0.25, 0.3) is 6.08 Å². The van der Waals surface area contributed by atoms with Crippen LogP contribution in [0.4, 0.5) is 10.5 Å². The van der Waals surface area contributed by atoms with Crippen LogP contribution in [0.1, 0.15) is 31.9 Å². The molecule has 0 saturated carbocycles. The summed E-state index contributed by atoms with van der Waals surface area (Å²) in [5.41, 5.74) is 1.47. The van der Waals surface area contributed by atoms with Gasteiger partial charge < -0.3 is 14.2 Å². The Morgan fingerprint density at radius 1 is 1.03 bits per heavy atom. The lowest BCUT2D eigenvalue weighted by atomic mass is 10.1. The van der Waals surface area contributed by atoms with Crippen molar-refractivity contribution in [2.45, 2.75) is 33.5 Å². The Morgan fingerprint density at radius 3 is 2.41 bits per heavy atom. The zero-order chi connectivity index (χ0) is 28.1. The van der Waals surface area contributed by atoms with E-state index >= 15 is 0 Å². The SMILES string of the molecule is CCOc1cc(/C=C2\C(=O)NC(=O)N(c3ccc(OCc4ccccc4Cl)cc3)C2=O)cc(I)c1OC(C)C. The smallest absolute Gasteiger partial charge is 0.335 e. The van der Waals surface area contributed by atoms with Crippen molar-refractivity contribution in [2.75, 3.05) is 11.5 Å². The minimum absolute atomic E-state index is 0.0693. The summed E-state index contributed by atoms with van der Waals surface area (Å²) >= 11 is 8.30. The van der Waals surface area contributed by atoms with Crippen LogP contribution < -0.4 is 24.4 Å². The highest BCUT2D eigenvalue weighted by Crippen LogP contribution is 2.36. The fourth-order valence-electron chi connectivity index (χ4n) is 3.81. The first-order valence-electron chi connectivity index (χ1n) is 12.2. The maximum atomic E-state index is 13.4. The second-order valence-corrected chi connectivity index (χ2v) is 10.3. The van der Waals surface area contributed by atoms with Gasteiger partial charge in [-0.2, -0.15) is 0 Å². The van der Waals surface area contributed by atoms with Gasteiger partial charge in [0.15, 0.2) is 11.5 Å². The monoisotopic (exact) mass is 660 g/mol. The van der Waals surface area contributed by atoms with Gasteiger partial charge in [-0.05, 0) is 97.5 Å². The van der Waals surface area contributed by atoms with Gasteiger partial charge in [-0.3, -0.25) is 14.9 Å². The molecule has 8 nitrogen and oxygen atoms in total. The minimum atomic E-state index is -0.836. The highest BCUT2D eigenvalue weighted by molar-refractivity contribution is 14.1. The summed E-state index contributed by atoms with van der Waals surface area (Å²) in [6, 6.07) is 16.4. The standard InChI is InChI=1S/C29H26ClIN2O6/c1-4-37-25-15-18(14-24(31)26(25)39-17(2)3)13-22-27(34)32-29(36)33(28(22)35)20-9-11-21(12-10-20)38-16-19-7-5-6-8-23(19)30/h5-15,17H,4,16H2,1-3H3,(H,32,34,36)/b22-13+. The Morgan fingerprint density at radius 2 is 1.74 bits per heavy atom. The molecule has 0 bridgehead atoms. The molecule has 1 fully saturated rings. The summed E-state index contributed by atoms with van der Waals surface area (Å²) in [6.07, 6.45) is 1.36. The molecule has 0 unspecified atom stereocenters. The van der Waals surface area contributed by atoms with E-state index in [1.807, 2.05) is 39.0 Å². The van der Waals surface area contributed by atoms with Crippen LogP contribution in [0, 0.1) is 3.57 Å². The molecule has 1 saturated heterocycles. The van der Waals surface area contributed by atoms with E-state index in [4.69, 9.17) is 25.8 Å². The zero-order valence-electron chi connectivity index (χ0n) is 21.5. The number of hydrogen-bond acceptors (Lipinski definition) is 6. The number of carbonyl (C=O) groups is 3. The van der Waals surface area contributed by atoms with Gasteiger partial charge in [-0.25, -0.2) is 9.69 Å². The average Bonchev–Trinajstić information content (AvgIpc) is 2.89. The van der Waals surface area contributed by atoms with E-state index in [0.717, 1.165) is 14.0 Å². The first kappa shape index (κ1) is 28.4. The van der Waals surface area contributed by atoms with Crippen molar-refractivity contribution in [3.63, 3.8) is 0 Å². The second-order valence-electron chi connectivity index (χ2n) is 8.76. The number of urea groups is 1. The number of anilines is 1. The number of halogens is 2. The van der Waals surface area contributed by atoms with Crippen molar-refractivity contribution < 1.29 is 28.6 Å². The number of hydrogen-bond donors (Lipinski definition) is 1. The first-order chi connectivity index (χ1) is 18.7. The molecular weight excluding hydrogens is 635 g/mol. The van der Waals surface area contributed by atoms with E-state index in [-0.39, 0.29) is 24.0 Å². The highest BCUT2D eigenvalue weighted by Gasteiger charge is 2.37. The molecule has 0 atom stereocenters. The molecule has 10 heteroatoms. The molecule has 202 valence electrons. The van der Waals surface area contributed by atoms with Gasteiger partial charge in [-0.15, -0.1) is 0 Å². The summed E-state index contributed by atoms with van der Waals surface area (Å²) in [5.74, 6) is 0.0779. The van der Waals surface area contributed by atoms with Crippen molar-refractivity contribution in [1.29, 1.82) is 0 Å². The van der Waals surface area contributed by atoms with Gasteiger partial charge in [0.25, 0.3) is 11.8 Å². The van der Waals surface area contributed by atoms with Gasteiger partial charge in [0.1, 0.15) is 17.9 Å². The van der Waals surface area contributed by atoms with Gasteiger partial charge in [0.2, 0.25) is 0 Å². The molecule has 3 aromatic rings. The number of barbiturate groups is 1. The van der Waals surface area contributed by atoms with E-state index in [1.54, 1.807) is 42.5 Å². The lowest BCUT2D eigenvalue weighted by molar-refractivity contribution is -0.122. The third-order valence-corrected chi connectivity index (χ3v) is 6.72. The summed E-state index contributed by atoms with van der Waals surface area (Å²) < 4.78 is 18.2. The molecule has 1 N–H and O–H groups in total. The highest BCUT2D eigenvalue weighted by atomic mass is 127. The molecule has 3 aromatic carbocycles. The molecule has 0 radical (unpaired) electrons. The van der Waals surface area contributed by atoms with Crippen molar-refractivity contribution in [2.24, 2.45) is 0 Å². The van der Waals surface area contributed by atoms with Crippen LogP contribution in [-0.2, 0) is 16.2 Å². The van der Waals surface area contributed by atoms with Crippen molar-refractivity contribution in [3.05, 3.63) is 86.0 Å². The summed E-state index contributed by atoms with van der Waals surface area (Å²) in [5, 5.41) is 2.84. The molecule has 0 aliphatic carbocycles. The third kappa shape index (κ3) is 6.72. The lowest BCUT2D eigenvalue weighted by Gasteiger charge is -2.26. The molecule has 4 rings (SSSR count). The molecule has 1 aliphatic heterocycles. The van der Waals surface area contributed by atoms with Crippen LogP contribution >= 0.6 is 34.2 Å². The molecule has 0 spiro atoms. The maximum Gasteiger partial charge on any atom is 0.335 e. The summed E-state index contributed by atoms with van der Waals surface area (Å²) in [4.78, 5) is 39.6. The molecule has 0 aromatic heterocycles. The Kier molecular flexibility index (Phi) is 9.13. The van der Waals surface area contributed by atoms with Crippen molar-refractivity contribution in [1.82, 2.24) is 5.32 Å². The predicted molar refractivity (Wildman–Crippen MR) is 157 cm³/mol. The number of nitrogens with one attached hydrogen (secondary N) is 1. The van der Waals surface area contributed by atoms with Gasteiger partial charge >= 0.3 is 6.03 Å². The number of ether oxygens (including phenoxy) is 3. The Bertz CT molecular complexity index is 1440. The number of nitrogens with zero attached hydrogens (tertiary/aromatic N) is 1. The van der Waals surface area contributed by atoms with Crippen LogP contribution in [0.2, 0.25) is 5.02 Å². The Balaban J connectivity index is 1.58. The van der Waals surface area contributed by atoms with Gasteiger partial charge in [-0.1, -0.05) is 29.8 Å². The number of carbonyl (C=O) groups excluding carboxylic acids is 3. The Hall–Kier alpha value is -3.57. The molecule has 4 amide bonds. The zero-order valence-corrected chi connectivity index (χ0v) is 24.4. The van der Waals surface area contributed by atoms with Gasteiger partial charge in [0.05, 0.1) is 22.0 Å². The predicted octanol–water partition coefficient (Wildman–Crippen LogP) is 6.38. The quantitative estimate of drug-likeness (QED) is 0.163. The maximum absolute atomic E-state index is 13.4. The minimum Gasteiger partial charge on any atom is -0.490 e. The number of benzene rings is 3. The second kappa shape index (κ2) is 12.5. The summed E-state index contributed by atoms with van der Waals surface area (Å²) in [7, 11) is 0. The van der Waals surface area contributed by atoms with Crippen LogP contribution in [0.5, 0.6) is 17.2 Å². The van der Waals surface area contributed by atoms with Crippen LogP contribution in [-0.4, -0.2) is 30.6 Å². The number of amides is 4. The number of imide groups is 2. The lowest BCUT2D eigenvalue weighted by Crippen LogP contribution is -2.54. The number of rotatable bonds is 9. The topological polar surface area (TPSA) is 94.2 Å².